The van der Waals surface area contributed by atoms with Gasteiger partial charge in [-0.1, -0.05) is 29.3 Å². The van der Waals surface area contributed by atoms with E-state index in [0.29, 0.717) is 35.2 Å². The van der Waals surface area contributed by atoms with Gasteiger partial charge in [0.2, 0.25) is 0 Å². The van der Waals surface area contributed by atoms with Crippen LogP contribution >= 0.6 is 23.2 Å². The summed E-state index contributed by atoms with van der Waals surface area (Å²) in [6.07, 6.45) is 6.29. The number of carbonyl (C=O) groups is 1. The van der Waals surface area contributed by atoms with E-state index in [-0.39, 0.29) is 19.0 Å². The fourth-order valence-electron chi connectivity index (χ4n) is 1.29. The predicted octanol–water partition coefficient (Wildman–Crippen LogP) is 3.72. The largest absolute Gasteiger partial charge is 0.492 e. The molecular weight excluding hydrogens is 287 g/mol. The first-order valence-electron chi connectivity index (χ1n) is 5.81. The number of rotatable bonds is 7. The Kier molecular flexibility index (Phi) is 7.17. The Morgan fingerprint density at radius 3 is 2.84 bits per heavy atom. The van der Waals surface area contributed by atoms with Crippen molar-refractivity contribution in [3.8, 4) is 18.1 Å². The Balaban J connectivity index is 2.22. The number of terminal acetylenes is 1. The van der Waals surface area contributed by atoms with E-state index < -0.39 is 0 Å². The lowest BCUT2D eigenvalue weighted by Crippen LogP contribution is -2.08. The predicted molar refractivity (Wildman–Crippen MR) is 75.6 cm³/mol. The highest BCUT2D eigenvalue weighted by atomic mass is 35.5. The number of hydrogen-bond acceptors (Lipinski definition) is 3. The quantitative estimate of drug-likeness (QED) is 0.437. The van der Waals surface area contributed by atoms with Crippen molar-refractivity contribution in [3.63, 3.8) is 0 Å². The fourth-order valence-corrected chi connectivity index (χ4v) is 1.64. The van der Waals surface area contributed by atoms with Crippen LogP contribution in [0.15, 0.2) is 18.2 Å². The van der Waals surface area contributed by atoms with Crippen molar-refractivity contribution in [3.05, 3.63) is 28.2 Å². The number of halogens is 2. The van der Waals surface area contributed by atoms with Crippen molar-refractivity contribution in [1.29, 1.82) is 0 Å². The van der Waals surface area contributed by atoms with Gasteiger partial charge in [-0.2, -0.15) is 0 Å². The first kappa shape index (κ1) is 15.7. The Bertz CT molecular complexity index is 466. The SMILES string of the molecule is C#CCCOC(=O)CCCOc1cccc(Cl)c1Cl. The molecule has 1 rings (SSSR count). The Labute approximate surface area is 122 Å². The van der Waals surface area contributed by atoms with Gasteiger partial charge in [0, 0.05) is 12.8 Å². The van der Waals surface area contributed by atoms with Gasteiger partial charge < -0.3 is 9.47 Å². The number of carbonyl (C=O) groups excluding carboxylic acids is 1. The molecule has 1 aromatic rings. The second-order valence-corrected chi connectivity index (χ2v) is 4.46. The maximum Gasteiger partial charge on any atom is 0.305 e. The molecule has 102 valence electrons. The highest BCUT2D eigenvalue weighted by Crippen LogP contribution is 2.31. The molecule has 0 amide bonds. The first-order chi connectivity index (χ1) is 9.15. The maximum absolute atomic E-state index is 11.3. The van der Waals surface area contributed by atoms with Crippen LogP contribution in [0, 0.1) is 12.3 Å². The lowest BCUT2D eigenvalue weighted by Gasteiger charge is -2.08. The van der Waals surface area contributed by atoms with Crippen LogP contribution in [0.2, 0.25) is 10.0 Å². The third kappa shape index (κ3) is 5.87. The van der Waals surface area contributed by atoms with Crippen LogP contribution < -0.4 is 4.74 Å². The second-order valence-electron chi connectivity index (χ2n) is 3.68. The molecule has 0 heterocycles. The zero-order valence-corrected chi connectivity index (χ0v) is 11.8. The van der Waals surface area contributed by atoms with Crippen LogP contribution in [0.3, 0.4) is 0 Å². The summed E-state index contributed by atoms with van der Waals surface area (Å²) >= 11 is 11.8. The van der Waals surface area contributed by atoms with E-state index in [1.807, 2.05) is 0 Å². The summed E-state index contributed by atoms with van der Waals surface area (Å²) in [7, 11) is 0. The summed E-state index contributed by atoms with van der Waals surface area (Å²) in [4.78, 5) is 11.3. The van der Waals surface area contributed by atoms with Gasteiger partial charge >= 0.3 is 5.97 Å². The average molecular weight is 301 g/mol. The summed E-state index contributed by atoms with van der Waals surface area (Å²) in [6, 6.07) is 5.15. The van der Waals surface area contributed by atoms with Crippen LogP contribution in [-0.2, 0) is 9.53 Å². The van der Waals surface area contributed by atoms with Crippen LogP contribution in [0.4, 0.5) is 0 Å². The summed E-state index contributed by atoms with van der Waals surface area (Å²) in [6.45, 7) is 0.626. The van der Waals surface area contributed by atoms with Crippen LogP contribution in [-0.4, -0.2) is 19.2 Å². The molecule has 0 aromatic heterocycles. The van der Waals surface area contributed by atoms with Crippen LogP contribution in [0.5, 0.6) is 5.75 Å². The molecule has 1 aromatic carbocycles. The molecule has 0 atom stereocenters. The van der Waals surface area contributed by atoms with Crippen molar-refractivity contribution in [2.45, 2.75) is 19.3 Å². The minimum absolute atomic E-state index is 0.260. The summed E-state index contributed by atoms with van der Waals surface area (Å²) < 4.78 is 10.3. The molecule has 0 fully saturated rings. The first-order valence-corrected chi connectivity index (χ1v) is 6.56. The molecule has 19 heavy (non-hydrogen) atoms. The lowest BCUT2D eigenvalue weighted by molar-refractivity contribution is -0.143. The molecule has 0 saturated heterocycles. The van der Waals surface area contributed by atoms with E-state index >= 15 is 0 Å². The Morgan fingerprint density at radius 1 is 1.32 bits per heavy atom. The van der Waals surface area contributed by atoms with Gasteiger partial charge in [0.15, 0.2) is 0 Å². The zero-order valence-electron chi connectivity index (χ0n) is 10.3. The third-order valence-electron chi connectivity index (χ3n) is 2.21. The molecule has 0 bridgehead atoms. The van der Waals surface area contributed by atoms with Gasteiger partial charge in [-0.25, -0.2) is 0 Å². The fraction of sp³-hybridized carbons (Fsp3) is 0.357. The standard InChI is InChI=1S/C14H14Cl2O3/c1-2-3-9-19-13(17)8-5-10-18-12-7-4-6-11(15)14(12)16/h1,4,6-7H,3,5,8-10H2. The molecule has 5 heteroatoms. The molecule has 0 radical (unpaired) electrons. The van der Waals surface area contributed by atoms with E-state index in [9.17, 15) is 4.79 Å². The van der Waals surface area contributed by atoms with Crippen LogP contribution in [0.1, 0.15) is 19.3 Å². The van der Waals surface area contributed by atoms with E-state index in [4.69, 9.17) is 39.1 Å². The lowest BCUT2D eigenvalue weighted by atomic mass is 10.3. The van der Waals surface area contributed by atoms with Gasteiger partial charge in [0.1, 0.15) is 17.4 Å². The molecule has 0 spiro atoms. The number of ether oxygens (including phenoxy) is 2. The molecule has 0 aliphatic heterocycles. The highest BCUT2D eigenvalue weighted by molar-refractivity contribution is 6.42. The topological polar surface area (TPSA) is 35.5 Å². The minimum atomic E-state index is -0.281. The molecule has 0 N–H and O–H groups in total. The molecule has 0 saturated carbocycles. The third-order valence-corrected chi connectivity index (χ3v) is 3.01. The van der Waals surface area contributed by atoms with E-state index in [1.165, 1.54) is 0 Å². The molecular formula is C14H14Cl2O3. The monoisotopic (exact) mass is 300 g/mol. The van der Waals surface area contributed by atoms with Crippen LogP contribution in [0.25, 0.3) is 0 Å². The molecule has 0 unspecified atom stereocenters. The summed E-state index contributed by atoms with van der Waals surface area (Å²) in [5.41, 5.74) is 0. The van der Waals surface area contributed by atoms with Gasteiger partial charge in [0.05, 0.1) is 11.6 Å². The minimum Gasteiger partial charge on any atom is -0.492 e. The second kappa shape index (κ2) is 8.68. The van der Waals surface area contributed by atoms with Gasteiger partial charge in [-0.05, 0) is 18.6 Å². The smallest absolute Gasteiger partial charge is 0.305 e. The van der Waals surface area contributed by atoms with E-state index in [0.717, 1.165) is 0 Å². The van der Waals surface area contributed by atoms with Crippen molar-refractivity contribution in [2.24, 2.45) is 0 Å². The van der Waals surface area contributed by atoms with Gasteiger partial charge in [0.25, 0.3) is 0 Å². The van der Waals surface area contributed by atoms with Crippen molar-refractivity contribution in [2.75, 3.05) is 13.2 Å². The maximum atomic E-state index is 11.3. The molecule has 0 aliphatic rings. The number of esters is 1. The van der Waals surface area contributed by atoms with Gasteiger partial charge in [-0.15, -0.1) is 12.3 Å². The molecule has 3 nitrogen and oxygen atoms in total. The number of hydrogen-bond donors (Lipinski definition) is 0. The Hall–Kier alpha value is -1.37. The van der Waals surface area contributed by atoms with Crippen molar-refractivity contribution in [1.82, 2.24) is 0 Å². The molecule has 0 aliphatic carbocycles. The highest BCUT2D eigenvalue weighted by Gasteiger charge is 2.06. The number of benzene rings is 1. The summed E-state index contributed by atoms with van der Waals surface area (Å²) in [5.74, 6) is 2.62. The average Bonchev–Trinajstić information content (AvgIpc) is 2.39. The van der Waals surface area contributed by atoms with E-state index in [2.05, 4.69) is 5.92 Å². The van der Waals surface area contributed by atoms with Crippen molar-refractivity contribution >= 4 is 29.2 Å². The summed E-state index contributed by atoms with van der Waals surface area (Å²) in [5, 5.41) is 0.814. The zero-order chi connectivity index (χ0) is 14.1. The van der Waals surface area contributed by atoms with Crippen molar-refractivity contribution < 1.29 is 14.3 Å². The Morgan fingerprint density at radius 2 is 2.11 bits per heavy atom. The normalized spacial score (nSPS) is 9.74. The van der Waals surface area contributed by atoms with E-state index in [1.54, 1.807) is 18.2 Å². The van der Waals surface area contributed by atoms with Gasteiger partial charge in [-0.3, -0.25) is 4.79 Å².